The number of carbonyl (C=O) groups excluding carboxylic acids is 2. The van der Waals surface area contributed by atoms with Gasteiger partial charge in [0.05, 0.1) is 10.6 Å². The van der Waals surface area contributed by atoms with Gasteiger partial charge in [0, 0.05) is 18.6 Å². The van der Waals surface area contributed by atoms with E-state index in [0.717, 1.165) is 15.4 Å². The average molecular weight is 528 g/mol. The molecule has 0 spiro atoms. The minimum Gasteiger partial charge on any atom is -0.357 e. The molecule has 3 rings (SSSR count). The maximum Gasteiger partial charge on any atom is 0.264 e. The van der Waals surface area contributed by atoms with Crippen LogP contribution in [0.2, 0.25) is 5.02 Å². The molecule has 1 atom stereocenters. The van der Waals surface area contributed by atoms with Gasteiger partial charge in [-0.3, -0.25) is 13.9 Å². The van der Waals surface area contributed by atoms with Gasteiger partial charge in [-0.15, -0.1) is 0 Å². The van der Waals surface area contributed by atoms with Crippen molar-refractivity contribution in [2.45, 2.75) is 38.3 Å². The molecule has 0 saturated carbocycles. The van der Waals surface area contributed by atoms with Gasteiger partial charge in [-0.1, -0.05) is 60.1 Å². The van der Waals surface area contributed by atoms with Crippen LogP contribution in [0.25, 0.3) is 0 Å². The van der Waals surface area contributed by atoms with Crippen molar-refractivity contribution in [1.82, 2.24) is 10.2 Å². The molecule has 0 saturated heterocycles. The number of likely N-dealkylation sites (N-methyl/N-ethyl adjacent to an activating group) is 1. The van der Waals surface area contributed by atoms with E-state index < -0.39 is 28.5 Å². The van der Waals surface area contributed by atoms with E-state index in [2.05, 4.69) is 5.32 Å². The molecular weight excluding hydrogens is 498 g/mol. The van der Waals surface area contributed by atoms with Gasteiger partial charge < -0.3 is 10.2 Å². The first-order valence-electron chi connectivity index (χ1n) is 11.5. The lowest BCUT2D eigenvalue weighted by Gasteiger charge is -2.32. The molecule has 7 nitrogen and oxygen atoms in total. The number of hydrogen-bond donors (Lipinski definition) is 1. The third-order valence-corrected chi connectivity index (χ3v) is 8.31. The summed E-state index contributed by atoms with van der Waals surface area (Å²) >= 11 is 6.34. The van der Waals surface area contributed by atoms with Crippen LogP contribution in [-0.4, -0.2) is 44.8 Å². The smallest absolute Gasteiger partial charge is 0.264 e. The standard InChI is InChI=1S/C27H30ClN3O4S/c1-19-11-10-16-25(20(19)2)31(36(34,35)23-13-6-5-7-14-23)18-26(32)30(21(3)27(33)29-4)17-22-12-8-9-15-24(22)28/h5-16,21H,17-18H2,1-4H3,(H,29,33)/t21-/m1/s1. The van der Waals surface area contributed by atoms with Crippen molar-refractivity contribution in [1.29, 1.82) is 0 Å². The molecule has 9 heteroatoms. The Morgan fingerprint density at radius 2 is 1.58 bits per heavy atom. The SMILES string of the molecule is CNC(=O)[C@@H](C)N(Cc1ccccc1Cl)C(=O)CN(c1cccc(C)c1C)S(=O)(=O)c1ccccc1. The predicted octanol–water partition coefficient (Wildman–Crippen LogP) is 4.32. The summed E-state index contributed by atoms with van der Waals surface area (Å²) in [6.07, 6.45) is 0. The quantitative estimate of drug-likeness (QED) is 0.449. The number of rotatable bonds is 9. The van der Waals surface area contributed by atoms with E-state index >= 15 is 0 Å². The van der Waals surface area contributed by atoms with E-state index in [4.69, 9.17) is 11.6 Å². The maximum atomic E-state index is 13.8. The van der Waals surface area contributed by atoms with Crippen molar-refractivity contribution >= 4 is 39.1 Å². The molecule has 3 aromatic carbocycles. The fourth-order valence-corrected chi connectivity index (χ4v) is 5.53. The first-order valence-corrected chi connectivity index (χ1v) is 13.3. The number of anilines is 1. The summed E-state index contributed by atoms with van der Waals surface area (Å²) in [5.74, 6) is -0.911. The highest BCUT2D eigenvalue weighted by Crippen LogP contribution is 2.29. The molecule has 0 aliphatic rings. The van der Waals surface area contributed by atoms with Crippen LogP contribution in [0.3, 0.4) is 0 Å². The molecule has 0 aliphatic heterocycles. The molecule has 0 bridgehead atoms. The number of aryl methyl sites for hydroxylation is 1. The van der Waals surface area contributed by atoms with Gasteiger partial charge in [-0.2, -0.15) is 0 Å². The van der Waals surface area contributed by atoms with Crippen LogP contribution < -0.4 is 9.62 Å². The Morgan fingerprint density at radius 3 is 2.22 bits per heavy atom. The highest BCUT2D eigenvalue weighted by molar-refractivity contribution is 7.92. The lowest BCUT2D eigenvalue weighted by molar-refractivity contribution is -0.139. The number of carbonyl (C=O) groups is 2. The number of amides is 2. The topological polar surface area (TPSA) is 86.8 Å². The molecule has 2 amide bonds. The summed E-state index contributed by atoms with van der Waals surface area (Å²) in [5.41, 5.74) is 2.67. The molecule has 0 aromatic heterocycles. The minimum absolute atomic E-state index is 0.0408. The number of hydrogen-bond acceptors (Lipinski definition) is 4. The number of sulfonamides is 1. The Morgan fingerprint density at radius 1 is 0.944 bits per heavy atom. The number of halogens is 1. The van der Waals surface area contributed by atoms with E-state index in [1.807, 2.05) is 19.9 Å². The molecule has 36 heavy (non-hydrogen) atoms. The van der Waals surface area contributed by atoms with Gasteiger partial charge in [0.25, 0.3) is 10.0 Å². The second-order valence-corrected chi connectivity index (χ2v) is 10.7. The van der Waals surface area contributed by atoms with E-state index in [-0.39, 0.29) is 17.3 Å². The zero-order valence-electron chi connectivity index (χ0n) is 20.7. The third kappa shape index (κ3) is 5.88. The van der Waals surface area contributed by atoms with Gasteiger partial charge in [-0.25, -0.2) is 8.42 Å². The molecular formula is C27H30ClN3O4S. The van der Waals surface area contributed by atoms with Crippen LogP contribution in [0.5, 0.6) is 0 Å². The Labute approximate surface area is 217 Å². The van der Waals surface area contributed by atoms with Crippen LogP contribution in [0.1, 0.15) is 23.6 Å². The number of nitrogens with one attached hydrogen (secondary N) is 1. The molecule has 3 aromatic rings. The fraction of sp³-hybridized carbons (Fsp3) is 0.259. The first-order chi connectivity index (χ1) is 17.1. The van der Waals surface area contributed by atoms with Crippen molar-refractivity contribution in [2.75, 3.05) is 17.9 Å². The minimum atomic E-state index is -4.10. The number of benzene rings is 3. The second kappa shape index (κ2) is 11.6. The van der Waals surface area contributed by atoms with Gasteiger partial charge in [0.2, 0.25) is 11.8 Å². The highest BCUT2D eigenvalue weighted by atomic mass is 35.5. The van der Waals surface area contributed by atoms with Crippen LogP contribution >= 0.6 is 11.6 Å². The summed E-state index contributed by atoms with van der Waals surface area (Å²) in [6.45, 7) is 4.84. The molecule has 0 unspecified atom stereocenters. The van der Waals surface area contributed by atoms with Crippen molar-refractivity contribution in [2.24, 2.45) is 0 Å². The summed E-state index contributed by atoms with van der Waals surface area (Å²) in [5, 5.41) is 3.01. The van der Waals surface area contributed by atoms with E-state index in [1.165, 1.54) is 24.1 Å². The Kier molecular flexibility index (Phi) is 8.76. The zero-order valence-corrected chi connectivity index (χ0v) is 22.3. The van der Waals surface area contributed by atoms with Crippen LogP contribution in [0.4, 0.5) is 5.69 Å². The Hall–Kier alpha value is -3.36. The monoisotopic (exact) mass is 527 g/mol. The van der Waals surface area contributed by atoms with Gasteiger partial charge >= 0.3 is 0 Å². The highest BCUT2D eigenvalue weighted by Gasteiger charge is 2.33. The average Bonchev–Trinajstić information content (AvgIpc) is 2.88. The van der Waals surface area contributed by atoms with Crippen molar-refractivity contribution in [3.05, 3.63) is 94.5 Å². The fourth-order valence-electron chi connectivity index (χ4n) is 3.84. The van der Waals surface area contributed by atoms with Gasteiger partial charge in [-0.05, 0) is 61.7 Å². The normalized spacial score (nSPS) is 12.0. The zero-order chi connectivity index (χ0) is 26.5. The van der Waals surface area contributed by atoms with Crippen molar-refractivity contribution in [3.8, 4) is 0 Å². The lowest BCUT2D eigenvalue weighted by Crippen LogP contribution is -2.50. The van der Waals surface area contributed by atoms with Crippen LogP contribution in [-0.2, 0) is 26.2 Å². The molecule has 1 N–H and O–H groups in total. The molecule has 0 aliphatic carbocycles. The summed E-state index contributed by atoms with van der Waals surface area (Å²) in [4.78, 5) is 27.7. The Bertz CT molecular complexity index is 1350. The van der Waals surface area contributed by atoms with Crippen LogP contribution in [0, 0.1) is 13.8 Å². The first kappa shape index (κ1) is 27.2. The summed E-state index contributed by atoms with van der Waals surface area (Å²) < 4.78 is 28.7. The van der Waals surface area contributed by atoms with E-state index in [0.29, 0.717) is 16.3 Å². The molecule has 190 valence electrons. The third-order valence-electron chi connectivity index (χ3n) is 6.17. The Balaban J connectivity index is 2.08. The molecule has 0 radical (unpaired) electrons. The summed E-state index contributed by atoms with van der Waals surface area (Å²) in [6, 6.07) is 19.5. The molecule has 0 fully saturated rings. The van der Waals surface area contributed by atoms with E-state index in [1.54, 1.807) is 61.5 Å². The van der Waals surface area contributed by atoms with Crippen molar-refractivity contribution in [3.63, 3.8) is 0 Å². The predicted molar refractivity (Wildman–Crippen MR) is 142 cm³/mol. The largest absolute Gasteiger partial charge is 0.357 e. The molecule has 0 heterocycles. The van der Waals surface area contributed by atoms with Gasteiger partial charge in [0.15, 0.2) is 0 Å². The number of nitrogens with zero attached hydrogens (tertiary/aromatic N) is 2. The van der Waals surface area contributed by atoms with Crippen LogP contribution in [0.15, 0.2) is 77.7 Å². The van der Waals surface area contributed by atoms with Gasteiger partial charge in [0.1, 0.15) is 12.6 Å². The maximum absolute atomic E-state index is 13.8. The lowest BCUT2D eigenvalue weighted by atomic mass is 10.1. The second-order valence-electron chi connectivity index (χ2n) is 8.45. The van der Waals surface area contributed by atoms with E-state index in [9.17, 15) is 18.0 Å². The van der Waals surface area contributed by atoms with Crippen molar-refractivity contribution < 1.29 is 18.0 Å². The summed E-state index contributed by atoms with van der Waals surface area (Å²) in [7, 11) is -2.61.